The van der Waals surface area contributed by atoms with Gasteiger partial charge in [0.2, 0.25) is 10.0 Å². The molecule has 0 aromatic carbocycles. The van der Waals surface area contributed by atoms with Gasteiger partial charge in [0.25, 0.3) is 0 Å². The van der Waals surface area contributed by atoms with Crippen LogP contribution in [0.3, 0.4) is 0 Å². The Morgan fingerprint density at radius 2 is 2.20 bits per heavy atom. The molecule has 0 aliphatic heterocycles. The summed E-state index contributed by atoms with van der Waals surface area (Å²) in [4.78, 5) is 0.709. The maximum atomic E-state index is 12.3. The van der Waals surface area contributed by atoms with Gasteiger partial charge >= 0.3 is 0 Å². The Morgan fingerprint density at radius 3 is 2.70 bits per heavy atom. The molecule has 0 amide bonds. The standard InChI is InChI=1S/C12H14BrNO4S2/c1-7-3-4-10(18-7)8(2)14-20(16,17)11-5-9(6-15)19-12(11)13/h3-5,8,14-15H,6H2,1-2H3. The van der Waals surface area contributed by atoms with E-state index >= 15 is 0 Å². The van der Waals surface area contributed by atoms with Crippen molar-refractivity contribution in [1.29, 1.82) is 0 Å². The van der Waals surface area contributed by atoms with E-state index in [4.69, 9.17) is 9.52 Å². The van der Waals surface area contributed by atoms with Crippen LogP contribution < -0.4 is 4.72 Å². The number of sulfonamides is 1. The van der Waals surface area contributed by atoms with Crippen molar-refractivity contribution in [3.8, 4) is 0 Å². The summed E-state index contributed by atoms with van der Waals surface area (Å²) in [5.41, 5.74) is 0. The van der Waals surface area contributed by atoms with Crippen LogP contribution in [0.4, 0.5) is 0 Å². The number of aliphatic hydroxyl groups excluding tert-OH is 1. The molecular formula is C12H14BrNO4S2. The number of hydrogen-bond donors (Lipinski definition) is 2. The Balaban J connectivity index is 2.24. The van der Waals surface area contributed by atoms with E-state index in [-0.39, 0.29) is 11.5 Å². The molecule has 5 nitrogen and oxygen atoms in total. The third-order valence-corrected chi connectivity index (χ3v) is 6.45. The monoisotopic (exact) mass is 379 g/mol. The lowest BCUT2D eigenvalue weighted by molar-refractivity contribution is 0.285. The van der Waals surface area contributed by atoms with Crippen LogP contribution in [0.2, 0.25) is 0 Å². The molecule has 8 heteroatoms. The van der Waals surface area contributed by atoms with E-state index in [1.807, 2.05) is 0 Å². The summed E-state index contributed by atoms with van der Waals surface area (Å²) in [6.07, 6.45) is 0. The molecule has 20 heavy (non-hydrogen) atoms. The molecule has 1 atom stereocenters. The normalized spacial score (nSPS) is 13.6. The Morgan fingerprint density at radius 1 is 1.50 bits per heavy atom. The summed E-state index contributed by atoms with van der Waals surface area (Å²) >= 11 is 4.40. The van der Waals surface area contributed by atoms with Gasteiger partial charge in [0, 0.05) is 4.88 Å². The van der Waals surface area contributed by atoms with Gasteiger partial charge < -0.3 is 9.52 Å². The third kappa shape index (κ3) is 3.32. The van der Waals surface area contributed by atoms with Crippen LogP contribution >= 0.6 is 27.3 Å². The van der Waals surface area contributed by atoms with Crippen molar-refractivity contribution in [2.45, 2.75) is 31.4 Å². The van der Waals surface area contributed by atoms with E-state index in [0.717, 1.165) is 5.76 Å². The topological polar surface area (TPSA) is 79.5 Å². The Kier molecular flexibility index (Phi) is 4.70. The van der Waals surface area contributed by atoms with Gasteiger partial charge in [0.15, 0.2) is 0 Å². The minimum atomic E-state index is -3.68. The van der Waals surface area contributed by atoms with Gasteiger partial charge in [-0.25, -0.2) is 13.1 Å². The first-order valence-corrected chi connectivity index (χ1v) is 8.90. The first-order chi connectivity index (χ1) is 9.33. The number of aliphatic hydroxyl groups is 1. The Bertz CT molecular complexity index is 705. The number of aryl methyl sites for hydroxylation is 1. The lowest BCUT2D eigenvalue weighted by atomic mass is 10.3. The Hall–Kier alpha value is -0.670. The van der Waals surface area contributed by atoms with Gasteiger partial charge in [0.05, 0.1) is 16.4 Å². The average Bonchev–Trinajstić information content (AvgIpc) is 2.95. The molecule has 0 fully saturated rings. The second kappa shape index (κ2) is 5.98. The van der Waals surface area contributed by atoms with Crippen LogP contribution in [0.5, 0.6) is 0 Å². The number of thiophene rings is 1. The molecule has 2 N–H and O–H groups in total. The highest BCUT2D eigenvalue weighted by molar-refractivity contribution is 9.11. The summed E-state index contributed by atoms with van der Waals surface area (Å²) in [5, 5.41) is 9.06. The van der Waals surface area contributed by atoms with Gasteiger partial charge in [-0.1, -0.05) is 0 Å². The van der Waals surface area contributed by atoms with Gasteiger partial charge in [-0.3, -0.25) is 0 Å². The zero-order chi connectivity index (χ0) is 14.9. The van der Waals surface area contributed by atoms with Crippen molar-refractivity contribution >= 4 is 37.3 Å². The molecule has 2 aromatic rings. The van der Waals surface area contributed by atoms with Crippen LogP contribution in [-0.2, 0) is 16.6 Å². The highest BCUT2D eigenvalue weighted by Gasteiger charge is 2.24. The minimum absolute atomic E-state index is 0.127. The predicted octanol–water partition coefficient (Wildman–Crippen LogP) is 2.94. The van der Waals surface area contributed by atoms with Gasteiger partial charge in [-0.05, 0) is 48.0 Å². The molecule has 2 rings (SSSR count). The van der Waals surface area contributed by atoms with Crippen molar-refractivity contribution in [2.75, 3.05) is 0 Å². The first kappa shape index (κ1) is 15.7. The number of nitrogens with one attached hydrogen (secondary N) is 1. The van der Waals surface area contributed by atoms with Crippen molar-refractivity contribution in [2.24, 2.45) is 0 Å². The summed E-state index contributed by atoms with van der Waals surface area (Å²) in [6.45, 7) is 3.32. The number of furan rings is 1. The minimum Gasteiger partial charge on any atom is -0.465 e. The lowest BCUT2D eigenvalue weighted by Crippen LogP contribution is -2.26. The molecule has 0 saturated heterocycles. The molecule has 1 unspecified atom stereocenters. The molecule has 0 aliphatic rings. The SMILES string of the molecule is Cc1ccc(C(C)NS(=O)(=O)c2cc(CO)sc2Br)o1. The fourth-order valence-corrected chi connectivity index (χ4v) is 5.45. The van der Waals surface area contributed by atoms with Crippen LogP contribution in [0.25, 0.3) is 0 Å². The van der Waals surface area contributed by atoms with Crippen LogP contribution in [0.15, 0.2) is 31.3 Å². The van der Waals surface area contributed by atoms with Crippen molar-refractivity contribution < 1.29 is 17.9 Å². The highest BCUT2D eigenvalue weighted by Crippen LogP contribution is 2.32. The van der Waals surface area contributed by atoms with Gasteiger partial charge in [-0.2, -0.15) is 0 Å². The largest absolute Gasteiger partial charge is 0.465 e. The number of halogens is 1. The van der Waals surface area contributed by atoms with Crippen molar-refractivity contribution in [3.63, 3.8) is 0 Å². The van der Waals surface area contributed by atoms with Crippen LogP contribution in [0.1, 0.15) is 29.4 Å². The average molecular weight is 380 g/mol. The van der Waals surface area contributed by atoms with Gasteiger partial charge in [-0.15, -0.1) is 11.3 Å². The summed E-state index contributed by atoms with van der Waals surface area (Å²) < 4.78 is 33.1. The zero-order valence-electron chi connectivity index (χ0n) is 10.9. The fourth-order valence-electron chi connectivity index (χ4n) is 1.70. The van der Waals surface area contributed by atoms with Crippen molar-refractivity contribution in [1.82, 2.24) is 4.72 Å². The number of hydrogen-bond acceptors (Lipinski definition) is 5. The maximum Gasteiger partial charge on any atom is 0.243 e. The predicted molar refractivity (Wildman–Crippen MR) is 80.1 cm³/mol. The van der Waals surface area contributed by atoms with E-state index in [2.05, 4.69) is 20.7 Å². The lowest BCUT2D eigenvalue weighted by Gasteiger charge is -2.11. The molecule has 2 heterocycles. The molecule has 110 valence electrons. The van der Waals surface area contributed by atoms with E-state index in [9.17, 15) is 8.42 Å². The maximum absolute atomic E-state index is 12.3. The quantitative estimate of drug-likeness (QED) is 0.836. The van der Waals surface area contributed by atoms with Crippen LogP contribution in [0, 0.1) is 6.92 Å². The van der Waals surface area contributed by atoms with E-state index in [1.54, 1.807) is 26.0 Å². The van der Waals surface area contributed by atoms with E-state index in [0.29, 0.717) is 14.4 Å². The first-order valence-electron chi connectivity index (χ1n) is 5.81. The van der Waals surface area contributed by atoms with E-state index in [1.165, 1.54) is 17.4 Å². The second-order valence-corrected chi connectivity index (χ2v) is 8.44. The molecule has 2 aromatic heterocycles. The van der Waals surface area contributed by atoms with Crippen LogP contribution in [-0.4, -0.2) is 13.5 Å². The summed E-state index contributed by atoms with van der Waals surface area (Å²) in [6, 6.07) is 4.50. The Labute approximate surface area is 129 Å². The smallest absolute Gasteiger partial charge is 0.243 e. The molecule has 0 bridgehead atoms. The molecule has 0 aliphatic carbocycles. The van der Waals surface area contributed by atoms with E-state index < -0.39 is 16.1 Å². The number of rotatable bonds is 5. The molecule has 0 radical (unpaired) electrons. The molecule has 0 spiro atoms. The third-order valence-electron chi connectivity index (χ3n) is 2.67. The molecular weight excluding hydrogens is 366 g/mol. The highest BCUT2D eigenvalue weighted by atomic mass is 79.9. The summed E-state index contributed by atoms with van der Waals surface area (Å²) in [7, 11) is -3.68. The van der Waals surface area contributed by atoms with Gasteiger partial charge in [0.1, 0.15) is 16.4 Å². The fraction of sp³-hybridized carbons (Fsp3) is 0.333. The molecule has 0 saturated carbocycles. The second-order valence-electron chi connectivity index (χ2n) is 4.30. The summed E-state index contributed by atoms with van der Waals surface area (Å²) in [5.74, 6) is 1.28. The zero-order valence-corrected chi connectivity index (χ0v) is 14.1. The van der Waals surface area contributed by atoms with Crippen molar-refractivity contribution in [3.05, 3.63) is 38.4 Å².